The highest BCUT2D eigenvalue weighted by atomic mass is 19.3. The van der Waals surface area contributed by atoms with Gasteiger partial charge in [-0.3, -0.25) is 14.8 Å². The van der Waals surface area contributed by atoms with Crippen LogP contribution in [0.3, 0.4) is 0 Å². The van der Waals surface area contributed by atoms with Crippen molar-refractivity contribution in [3.8, 4) is 0 Å². The van der Waals surface area contributed by atoms with Gasteiger partial charge in [-0.2, -0.15) is 5.10 Å². The number of nitrogens with zero attached hydrogens (tertiary/aromatic N) is 4. The highest BCUT2D eigenvalue weighted by molar-refractivity contribution is 5.59. The number of rotatable bonds is 6. The van der Waals surface area contributed by atoms with E-state index in [2.05, 4.69) is 15.4 Å². The van der Waals surface area contributed by atoms with Gasteiger partial charge >= 0.3 is 0 Å². The Morgan fingerprint density at radius 2 is 2.09 bits per heavy atom. The molecule has 0 spiro atoms. The maximum Gasteiger partial charge on any atom is 0.287 e. The van der Waals surface area contributed by atoms with Gasteiger partial charge in [0.1, 0.15) is 17.7 Å². The molecule has 0 bridgehead atoms. The minimum absolute atomic E-state index is 0.136. The molecule has 22 heavy (non-hydrogen) atoms. The minimum Gasteiger partial charge on any atom is -0.337 e. The Morgan fingerprint density at radius 1 is 1.36 bits per heavy atom. The normalized spacial score (nSPS) is 11.2. The topological polar surface area (TPSA) is 85.9 Å². The first kappa shape index (κ1) is 15.8. The number of pyridine rings is 1. The van der Waals surface area contributed by atoms with Crippen LogP contribution in [0.4, 0.5) is 26.0 Å². The fourth-order valence-corrected chi connectivity index (χ4v) is 1.92. The first-order valence-corrected chi connectivity index (χ1v) is 6.59. The van der Waals surface area contributed by atoms with Crippen molar-refractivity contribution >= 4 is 17.2 Å². The third kappa shape index (κ3) is 3.54. The summed E-state index contributed by atoms with van der Waals surface area (Å²) in [5.74, 6) is 0.402. The van der Waals surface area contributed by atoms with Crippen molar-refractivity contribution in [2.45, 2.75) is 26.8 Å². The molecule has 0 aliphatic rings. The van der Waals surface area contributed by atoms with Gasteiger partial charge < -0.3 is 5.32 Å². The summed E-state index contributed by atoms with van der Waals surface area (Å²) in [6, 6.07) is 2.60. The highest BCUT2D eigenvalue weighted by Crippen LogP contribution is 2.29. The van der Waals surface area contributed by atoms with E-state index in [9.17, 15) is 18.9 Å². The van der Waals surface area contributed by atoms with Gasteiger partial charge in [-0.25, -0.2) is 13.8 Å². The van der Waals surface area contributed by atoms with E-state index in [1.165, 1.54) is 23.0 Å². The monoisotopic (exact) mass is 311 g/mol. The van der Waals surface area contributed by atoms with Crippen molar-refractivity contribution in [1.82, 2.24) is 14.8 Å². The van der Waals surface area contributed by atoms with Crippen LogP contribution in [0, 0.1) is 16.0 Å². The van der Waals surface area contributed by atoms with Crippen LogP contribution in [0.1, 0.15) is 26.0 Å². The first-order valence-electron chi connectivity index (χ1n) is 6.59. The van der Waals surface area contributed by atoms with Crippen molar-refractivity contribution in [2.24, 2.45) is 5.92 Å². The molecule has 0 aliphatic carbocycles. The van der Waals surface area contributed by atoms with Crippen molar-refractivity contribution in [3.63, 3.8) is 0 Å². The Hall–Kier alpha value is -2.58. The van der Waals surface area contributed by atoms with Crippen molar-refractivity contribution in [3.05, 3.63) is 40.3 Å². The lowest BCUT2D eigenvalue weighted by atomic mass is 10.2. The number of halogens is 2. The zero-order valence-corrected chi connectivity index (χ0v) is 12.0. The predicted molar refractivity (Wildman–Crippen MR) is 76.2 cm³/mol. The number of aromatic nitrogens is 3. The van der Waals surface area contributed by atoms with Crippen LogP contribution in [-0.4, -0.2) is 19.7 Å². The molecule has 0 aromatic carbocycles. The Balaban J connectivity index is 2.25. The second-order valence-electron chi connectivity index (χ2n) is 5.10. The number of alkyl halides is 2. The molecule has 1 N–H and O–H groups in total. The van der Waals surface area contributed by atoms with Gasteiger partial charge in [0, 0.05) is 12.6 Å². The van der Waals surface area contributed by atoms with Crippen LogP contribution in [0.5, 0.6) is 0 Å². The zero-order valence-electron chi connectivity index (χ0n) is 12.0. The van der Waals surface area contributed by atoms with E-state index in [1.807, 2.05) is 13.8 Å². The molecule has 0 fully saturated rings. The SMILES string of the molecule is CC(C)Cn1ncc(Nc2ccc([N+](=O)[O-])cn2)c1C(F)F. The van der Waals surface area contributed by atoms with E-state index in [1.54, 1.807) is 0 Å². The first-order chi connectivity index (χ1) is 10.4. The second-order valence-corrected chi connectivity index (χ2v) is 5.10. The van der Waals surface area contributed by atoms with E-state index in [0.29, 0.717) is 6.54 Å². The average Bonchev–Trinajstić information content (AvgIpc) is 2.81. The summed E-state index contributed by atoms with van der Waals surface area (Å²) in [6.07, 6.45) is -0.336. The largest absolute Gasteiger partial charge is 0.337 e. The second kappa shape index (κ2) is 6.46. The van der Waals surface area contributed by atoms with Crippen LogP contribution < -0.4 is 5.32 Å². The van der Waals surface area contributed by atoms with E-state index >= 15 is 0 Å². The molecule has 0 amide bonds. The molecule has 0 atom stereocenters. The minimum atomic E-state index is -2.69. The Labute approximate surface area is 125 Å². The van der Waals surface area contributed by atoms with Crippen LogP contribution in [-0.2, 0) is 6.54 Å². The van der Waals surface area contributed by atoms with Crippen LogP contribution in [0.25, 0.3) is 0 Å². The number of nitrogens with one attached hydrogen (secondary N) is 1. The number of hydrogen-bond acceptors (Lipinski definition) is 5. The van der Waals surface area contributed by atoms with Crippen molar-refractivity contribution in [2.75, 3.05) is 5.32 Å². The highest BCUT2D eigenvalue weighted by Gasteiger charge is 2.21. The van der Waals surface area contributed by atoms with Gasteiger partial charge in [-0.15, -0.1) is 0 Å². The number of anilines is 2. The summed E-state index contributed by atoms with van der Waals surface area (Å²) in [4.78, 5) is 13.8. The molecule has 118 valence electrons. The van der Waals surface area contributed by atoms with Gasteiger partial charge in [0.15, 0.2) is 0 Å². The van der Waals surface area contributed by atoms with Gasteiger partial charge in [0.2, 0.25) is 0 Å². The molecule has 2 rings (SSSR count). The van der Waals surface area contributed by atoms with Gasteiger partial charge in [-0.05, 0) is 12.0 Å². The standard InChI is InChI=1S/C13H15F2N5O2/c1-8(2)7-19-12(13(14)15)10(6-17-19)18-11-4-3-9(5-16-11)20(21)22/h3-6,8,13H,7H2,1-2H3,(H,16,18). The molecule has 2 aromatic rings. The van der Waals surface area contributed by atoms with Crippen molar-refractivity contribution in [1.29, 1.82) is 0 Å². The lowest BCUT2D eigenvalue weighted by Crippen LogP contribution is -2.11. The van der Waals surface area contributed by atoms with Crippen molar-refractivity contribution < 1.29 is 13.7 Å². The lowest BCUT2D eigenvalue weighted by molar-refractivity contribution is -0.385. The maximum absolute atomic E-state index is 13.2. The summed E-state index contributed by atoms with van der Waals surface area (Å²) in [7, 11) is 0. The molecule has 7 nitrogen and oxygen atoms in total. The number of nitro groups is 1. The Bertz CT molecular complexity index is 655. The molecule has 0 radical (unpaired) electrons. The lowest BCUT2D eigenvalue weighted by Gasteiger charge is -2.11. The van der Waals surface area contributed by atoms with Crippen LogP contribution in [0.2, 0.25) is 0 Å². The fraction of sp³-hybridized carbons (Fsp3) is 0.385. The summed E-state index contributed by atoms with van der Waals surface area (Å²) < 4.78 is 27.7. The average molecular weight is 311 g/mol. The van der Waals surface area contributed by atoms with E-state index in [0.717, 1.165) is 6.20 Å². The van der Waals surface area contributed by atoms with E-state index in [4.69, 9.17) is 0 Å². The third-order valence-corrected chi connectivity index (χ3v) is 2.85. The summed E-state index contributed by atoms with van der Waals surface area (Å²) >= 11 is 0. The van der Waals surface area contributed by atoms with Gasteiger partial charge in [0.05, 0.1) is 16.8 Å². The molecular weight excluding hydrogens is 296 g/mol. The molecule has 0 saturated carbocycles. The molecule has 9 heteroatoms. The van der Waals surface area contributed by atoms with Crippen LogP contribution in [0.15, 0.2) is 24.5 Å². The molecule has 0 aliphatic heterocycles. The summed E-state index contributed by atoms with van der Waals surface area (Å²) in [5, 5.41) is 17.2. The Kier molecular flexibility index (Phi) is 4.64. The van der Waals surface area contributed by atoms with Gasteiger partial charge in [-0.1, -0.05) is 13.8 Å². The van der Waals surface area contributed by atoms with E-state index < -0.39 is 11.3 Å². The molecule has 2 heterocycles. The maximum atomic E-state index is 13.2. The van der Waals surface area contributed by atoms with E-state index in [-0.39, 0.29) is 28.8 Å². The van der Waals surface area contributed by atoms with Crippen LogP contribution >= 0.6 is 0 Å². The van der Waals surface area contributed by atoms with Gasteiger partial charge in [0.25, 0.3) is 12.1 Å². The number of hydrogen-bond donors (Lipinski definition) is 1. The molecule has 0 saturated heterocycles. The summed E-state index contributed by atoms with van der Waals surface area (Å²) in [6.45, 7) is 4.18. The summed E-state index contributed by atoms with van der Waals surface area (Å²) in [5.41, 5.74) is -0.263. The smallest absolute Gasteiger partial charge is 0.287 e. The predicted octanol–water partition coefficient (Wildman–Crippen LogP) is 3.52. The zero-order chi connectivity index (χ0) is 16.3. The Morgan fingerprint density at radius 3 is 2.59 bits per heavy atom. The molecular formula is C13H15F2N5O2. The fourth-order valence-electron chi connectivity index (χ4n) is 1.92. The third-order valence-electron chi connectivity index (χ3n) is 2.85. The quantitative estimate of drug-likeness (QED) is 0.651. The molecule has 0 unspecified atom stereocenters. The molecule has 2 aromatic heterocycles.